The van der Waals surface area contributed by atoms with Crippen LogP contribution in [0.5, 0.6) is 11.5 Å². The molecular weight excluding hydrogens is 530 g/mol. The second kappa shape index (κ2) is 11.9. The van der Waals surface area contributed by atoms with Crippen LogP contribution in [-0.2, 0) is 30.8 Å². The summed E-state index contributed by atoms with van der Waals surface area (Å²) < 4.78 is 44.5. The van der Waals surface area contributed by atoms with Crippen LogP contribution < -0.4 is 24.8 Å². The normalized spacial score (nSPS) is 17.6. The SMILES string of the molecule is Cc1ccc(S(=O)(=O)N[C@@H](Cc2ccc3c(c2)OC(NC(=O)CNC(=O)OC(C)(C)C)C(C)O3)C(=O)O)cc1. The van der Waals surface area contributed by atoms with Crippen molar-refractivity contribution < 1.29 is 42.1 Å². The van der Waals surface area contributed by atoms with Crippen LogP contribution >= 0.6 is 0 Å². The maximum absolute atomic E-state index is 12.7. The van der Waals surface area contributed by atoms with Gasteiger partial charge in [-0.1, -0.05) is 23.8 Å². The first-order valence-corrected chi connectivity index (χ1v) is 13.7. The topological polar surface area (TPSA) is 169 Å². The Morgan fingerprint density at radius 1 is 1.05 bits per heavy atom. The van der Waals surface area contributed by atoms with Gasteiger partial charge >= 0.3 is 12.1 Å². The Morgan fingerprint density at radius 2 is 1.72 bits per heavy atom. The van der Waals surface area contributed by atoms with E-state index in [1.54, 1.807) is 52.0 Å². The van der Waals surface area contributed by atoms with E-state index in [4.69, 9.17) is 14.2 Å². The Kier molecular flexibility index (Phi) is 9.07. The molecule has 212 valence electrons. The van der Waals surface area contributed by atoms with Crippen molar-refractivity contribution in [1.29, 1.82) is 0 Å². The zero-order valence-electron chi connectivity index (χ0n) is 22.3. The number of rotatable bonds is 9. The molecule has 3 atom stereocenters. The summed E-state index contributed by atoms with van der Waals surface area (Å²) in [4.78, 5) is 36.0. The number of amides is 2. The molecular formula is C26H33N3O9S. The van der Waals surface area contributed by atoms with Gasteiger partial charge in [0, 0.05) is 0 Å². The molecule has 13 heteroatoms. The number of aryl methyl sites for hydroxylation is 1. The predicted octanol–water partition coefficient (Wildman–Crippen LogP) is 2.10. The molecule has 3 rings (SSSR count). The van der Waals surface area contributed by atoms with Gasteiger partial charge in [-0.25, -0.2) is 13.2 Å². The number of aliphatic carboxylic acids is 1. The van der Waals surface area contributed by atoms with Gasteiger partial charge in [0.1, 0.15) is 18.2 Å². The first kappa shape index (κ1) is 29.7. The van der Waals surface area contributed by atoms with E-state index in [1.807, 2.05) is 6.92 Å². The van der Waals surface area contributed by atoms with Crippen LogP contribution in [0.25, 0.3) is 0 Å². The molecule has 2 aromatic rings. The molecule has 1 aliphatic rings. The van der Waals surface area contributed by atoms with Crippen LogP contribution in [0.2, 0.25) is 0 Å². The van der Waals surface area contributed by atoms with Crippen molar-refractivity contribution in [1.82, 2.24) is 15.4 Å². The third-order valence-corrected chi connectivity index (χ3v) is 6.95. The first-order chi connectivity index (χ1) is 18.1. The van der Waals surface area contributed by atoms with E-state index < -0.39 is 52.0 Å². The van der Waals surface area contributed by atoms with Crippen LogP contribution in [-0.4, -0.2) is 62.0 Å². The van der Waals surface area contributed by atoms with E-state index >= 15 is 0 Å². The molecule has 0 bridgehead atoms. The van der Waals surface area contributed by atoms with Gasteiger partial charge in [0.05, 0.1) is 4.90 Å². The number of ether oxygens (including phenoxy) is 3. The zero-order chi connectivity index (χ0) is 29.0. The fraction of sp³-hybridized carbons (Fsp3) is 0.423. The molecule has 0 spiro atoms. The van der Waals surface area contributed by atoms with Crippen LogP contribution in [0.15, 0.2) is 47.4 Å². The number of hydrogen-bond acceptors (Lipinski definition) is 8. The summed E-state index contributed by atoms with van der Waals surface area (Å²) in [5, 5.41) is 14.7. The van der Waals surface area contributed by atoms with E-state index in [-0.39, 0.29) is 23.6 Å². The fourth-order valence-electron chi connectivity index (χ4n) is 3.57. The summed E-state index contributed by atoms with van der Waals surface area (Å²) in [5.74, 6) is -1.29. The third kappa shape index (κ3) is 8.58. The fourth-order valence-corrected chi connectivity index (χ4v) is 4.76. The number of carboxylic acids is 1. The Labute approximate surface area is 227 Å². The minimum atomic E-state index is -4.08. The summed E-state index contributed by atoms with van der Waals surface area (Å²) in [6.07, 6.45) is -2.41. The molecule has 0 saturated heterocycles. The number of hydrogen-bond donors (Lipinski definition) is 4. The minimum Gasteiger partial charge on any atom is -0.481 e. The second-order valence-corrected chi connectivity index (χ2v) is 11.8. The zero-order valence-corrected chi connectivity index (χ0v) is 23.1. The van der Waals surface area contributed by atoms with Crippen molar-refractivity contribution >= 4 is 28.0 Å². The number of fused-ring (bicyclic) bond motifs is 1. The van der Waals surface area contributed by atoms with Crippen LogP contribution in [0, 0.1) is 6.92 Å². The lowest BCUT2D eigenvalue weighted by molar-refractivity contribution is -0.139. The summed E-state index contributed by atoms with van der Waals surface area (Å²) in [7, 11) is -4.08. The minimum absolute atomic E-state index is 0.0461. The molecule has 4 N–H and O–H groups in total. The number of benzene rings is 2. The van der Waals surface area contributed by atoms with E-state index in [0.29, 0.717) is 11.3 Å². The Hall–Kier alpha value is -3.84. The van der Waals surface area contributed by atoms with Crippen molar-refractivity contribution in [3.05, 3.63) is 53.6 Å². The molecule has 2 unspecified atom stereocenters. The number of alkyl carbamates (subject to hydrolysis) is 1. The molecule has 2 aromatic carbocycles. The average Bonchev–Trinajstić information content (AvgIpc) is 2.82. The van der Waals surface area contributed by atoms with Gasteiger partial charge in [-0.05, 0) is 70.9 Å². The average molecular weight is 564 g/mol. The monoisotopic (exact) mass is 563 g/mol. The van der Waals surface area contributed by atoms with Crippen molar-refractivity contribution in [2.75, 3.05) is 6.54 Å². The summed E-state index contributed by atoms with van der Waals surface area (Å²) in [6.45, 7) is 8.24. The molecule has 0 aliphatic carbocycles. The maximum Gasteiger partial charge on any atom is 0.408 e. The summed E-state index contributed by atoms with van der Waals surface area (Å²) in [6, 6.07) is 9.30. The third-order valence-electron chi connectivity index (χ3n) is 5.46. The van der Waals surface area contributed by atoms with E-state index in [2.05, 4.69) is 15.4 Å². The van der Waals surface area contributed by atoms with Crippen LogP contribution in [0.1, 0.15) is 38.8 Å². The second-order valence-electron chi connectivity index (χ2n) is 10.1. The van der Waals surface area contributed by atoms with Gasteiger partial charge in [-0.2, -0.15) is 4.72 Å². The van der Waals surface area contributed by atoms with Crippen molar-refractivity contribution in [2.24, 2.45) is 0 Å². The molecule has 39 heavy (non-hydrogen) atoms. The molecule has 1 aliphatic heterocycles. The molecule has 2 amide bonds. The van der Waals surface area contributed by atoms with Gasteiger partial charge in [0.15, 0.2) is 17.6 Å². The number of carboxylic acid groups (broad SMARTS) is 1. The Balaban J connectivity index is 1.66. The molecule has 0 saturated carbocycles. The lowest BCUT2D eigenvalue weighted by Crippen LogP contribution is -2.52. The quantitative estimate of drug-likeness (QED) is 0.357. The summed E-state index contributed by atoms with van der Waals surface area (Å²) in [5.41, 5.74) is 0.613. The smallest absolute Gasteiger partial charge is 0.408 e. The molecule has 1 heterocycles. The van der Waals surface area contributed by atoms with Gasteiger partial charge in [-0.15, -0.1) is 0 Å². The molecule has 0 aromatic heterocycles. The highest BCUT2D eigenvalue weighted by Gasteiger charge is 2.31. The van der Waals surface area contributed by atoms with Crippen molar-refractivity contribution in [2.45, 2.75) is 69.9 Å². The number of sulfonamides is 1. The van der Waals surface area contributed by atoms with E-state index in [1.165, 1.54) is 18.2 Å². The van der Waals surface area contributed by atoms with E-state index in [9.17, 15) is 27.9 Å². The summed E-state index contributed by atoms with van der Waals surface area (Å²) >= 11 is 0. The predicted molar refractivity (Wildman–Crippen MR) is 140 cm³/mol. The van der Waals surface area contributed by atoms with Gasteiger partial charge in [0.25, 0.3) is 0 Å². The van der Waals surface area contributed by atoms with Gasteiger partial charge in [0.2, 0.25) is 22.2 Å². The standard InChI is InChI=1S/C26H33N3O9S/c1-15-6-9-18(10-7-15)39(34,35)29-19(24(31)32)12-17-8-11-20-21(13-17)37-23(16(2)36-20)28-22(30)14-27-25(33)38-26(3,4)5/h6-11,13,16,19,23,29H,12,14H2,1-5H3,(H,27,33)(H,28,30)(H,31,32)/t16?,19-,23?/m0/s1. The Bertz CT molecular complexity index is 1320. The van der Waals surface area contributed by atoms with Crippen LogP contribution in [0.4, 0.5) is 4.79 Å². The van der Waals surface area contributed by atoms with Crippen molar-refractivity contribution in [3.8, 4) is 11.5 Å². The highest BCUT2D eigenvalue weighted by molar-refractivity contribution is 7.89. The number of carbonyl (C=O) groups excluding carboxylic acids is 2. The van der Waals surface area contributed by atoms with Crippen LogP contribution in [0.3, 0.4) is 0 Å². The lowest BCUT2D eigenvalue weighted by Gasteiger charge is -2.32. The highest BCUT2D eigenvalue weighted by atomic mass is 32.2. The maximum atomic E-state index is 12.7. The lowest BCUT2D eigenvalue weighted by atomic mass is 10.1. The van der Waals surface area contributed by atoms with Gasteiger partial charge in [-0.3, -0.25) is 9.59 Å². The molecule has 0 fully saturated rings. The Morgan fingerprint density at radius 3 is 2.33 bits per heavy atom. The number of carbonyl (C=O) groups is 3. The van der Waals surface area contributed by atoms with E-state index in [0.717, 1.165) is 5.56 Å². The highest BCUT2D eigenvalue weighted by Crippen LogP contribution is 2.34. The largest absolute Gasteiger partial charge is 0.481 e. The number of nitrogens with one attached hydrogen (secondary N) is 3. The van der Waals surface area contributed by atoms with Crippen molar-refractivity contribution in [3.63, 3.8) is 0 Å². The van der Waals surface area contributed by atoms with Gasteiger partial charge < -0.3 is 30.0 Å². The molecule has 12 nitrogen and oxygen atoms in total. The molecule has 0 radical (unpaired) electrons. The first-order valence-electron chi connectivity index (χ1n) is 12.2.